The van der Waals surface area contributed by atoms with Gasteiger partial charge in [0.25, 0.3) is 10.0 Å². The van der Waals surface area contributed by atoms with Crippen molar-refractivity contribution in [3.63, 3.8) is 0 Å². The van der Waals surface area contributed by atoms with Crippen LogP contribution in [-0.4, -0.2) is 35.3 Å². The first-order valence-electron chi connectivity index (χ1n) is 5.10. The maximum absolute atomic E-state index is 11.9. The summed E-state index contributed by atoms with van der Waals surface area (Å²) in [4.78, 5) is 3.78. The van der Waals surface area contributed by atoms with E-state index in [4.69, 9.17) is 5.73 Å². The van der Waals surface area contributed by atoms with Crippen LogP contribution in [0.2, 0.25) is 0 Å². The quantitative estimate of drug-likeness (QED) is 0.598. The van der Waals surface area contributed by atoms with Crippen molar-refractivity contribution < 1.29 is 12.9 Å². The fraction of sp³-hybridized carbons (Fsp3) is 0.375. The molecule has 0 spiro atoms. The third-order valence-corrected chi connectivity index (χ3v) is 3.69. The van der Waals surface area contributed by atoms with Crippen LogP contribution >= 0.6 is 0 Å². The molecule has 0 unspecified atom stereocenters. The van der Waals surface area contributed by atoms with Crippen LogP contribution in [0.4, 0.5) is 0 Å². The Hall–Kier alpha value is -1.78. The number of H-pyrrole nitrogens is 1. The molecule has 0 saturated heterocycles. The fourth-order valence-electron chi connectivity index (χ4n) is 1.35. The number of sulfonamides is 1. The molecule has 0 atom stereocenters. The molecule has 0 aliphatic rings. The standard InChI is InChI=1S/C8H12N6O3S/c9-3-6-4-11-13-8(6)18(15,16)12-2-1-7-10-5-17-14-7/h4-5,12H,1-3,9H2,(H,11,13). The van der Waals surface area contributed by atoms with Crippen molar-refractivity contribution in [2.24, 2.45) is 5.73 Å². The highest BCUT2D eigenvalue weighted by Gasteiger charge is 2.19. The van der Waals surface area contributed by atoms with Crippen molar-refractivity contribution in [3.8, 4) is 0 Å². The molecular weight excluding hydrogens is 260 g/mol. The lowest BCUT2D eigenvalue weighted by Gasteiger charge is -2.04. The zero-order valence-electron chi connectivity index (χ0n) is 9.33. The highest BCUT2D eigenvalue weighted by Crippen LogP contribution is 2.10. The van der Waals surface area contributed by atoms with E-state index in [1.807, 2.05) is 0 Å². The van der Waals surface area contributed by atoms with E-state index in [1.165, 1.54) is 12.6 Å². The third kappa shape index (κ3) is 2.72. The number of rotatable bonds is 6. The second-order valence-electron chi connectivity index (χ2n) is 3.42. The first-order chi connectivity index (χ1) is 8.63. The first kappa shape index (κ1) is 12.7. The van der Waals surface area contributed by atoms with E-state index in [1.54, 1.807) is 0 Å². The molecule has 10 heteroatoms. The summed E-state index contributed by atoms with van der Waals surface area (Å²) in [5.74, 6) is 0.432. The van der Waals surface area contributed by atoms with Gasteiger partial charge in [-0.1, -0.05) is 5.16 Å². The summed E-state index contributed by atoms with van der Waals surface area (Å²) < 4.78 is 30.7. The Morgan fingerprint density at radius 3 is 3.00 bits per heavy atom. The van der Waals surface area contributed by atoms with E-state index < -0.39 is 10.0 Å². The van der Waals surface area contributed by atoms with Crippen LogP contribution in [0.25, 0.3) is 0 Å². The summed E-state index contributed by atoms with van der Waals surface area (Å²) in [5, 5.41) is 9.62. The number of hydrogen-bond donors (Lipinski definition) is 3. The van der Waals surface area contributed by atoms with Crippen molar-refractivity contribution in [3.05, 3.63) is 24.0 Å². The van der Waals surface area contributed by atoms with E-state index >= 15 is 0 Å². The van der Waals surface area contributed by atoms with Crippen LogP contribution in [0.3, 0.4) is 0 Å². The first-order valence-corrected chi connectivity index (χ1v) is 6.59. The normalized spacial score (nSPS) is 11.8. The number of nitrogens with two attached hydrogens (primary N) is 1. The topological polar surface area (TPSA) is 140 Å². The van der Waals surface area contributed by atoms with Crippen molar-refractivity contribution >= 4 is 10.0 Å². The Morgan fingerprint density at radius 2 is 2.33 bits per heavy atom. The number of hydrogen-bond acceptors (Lipinski definition) is 7. The second kappa shape index (κ2) is 5.25. The number of aromatic nitrogens is 4. The molecule has 0 aliphatic heterocycles. The Kier molecular flexibility index (Phi) is 3.69. The molecule has 0 aromatic carbocycles. The van der Waals surface area contributed by atoms with Gasteiger partial charge in [0.2, 0.25) is 6.39 Å². The minimum absolute atomic E-state index is 0.0156. The highest BCUT2D eigenvalue weighted by atomic mass is 32.2. The van der Waals surface area contributed by atoms with Crippen LogP contribution in [0.1, 0.15) is 11.4 Å². The lowest BCUT2D eigenvalue weighted by Crippen LogP contribution is -2.27. The summed E-state index contributed by atoms with van der Waals surface area (Å²) in [6.07, 6.45) is 2.90. The SMILES string of the molecule is NCc1cn[nH]c1S(=O)(=O)NCCc1ncon1. The Balaban J connectivity index is 1.99. The number of nitrogens with one attached hydrogen (secondary N) is 2. The Morgan fingerprint density at radius 1 is 1.50 bits per heavy atom. The molecule has 2 aromatic heterocycles. The van der Waals surface area contributed by atoms with Gasteiger partial charge >= 0.3 is 0 Å². The number of nitrogens with zero attached hydrogens (tertiary/aromatic N) is 3. The van der Waals surface area contributed by atoms with E-state index in [0.29, 0.717) is 17.8 Å². The van der Waals surface area contributed by atoms with E-state index in [9.17, 15) is 8.42 Å². The molecule has 2 heterocycles. The van der Waals surface area contributed by atoms with Gasteiger partial charge in [-0.25, -0.2) is 13.1 Å². The summed E-state index contributed by atoms with van der Waals surface area (Å²) in [7, 11) is -3.65. The molecule has 0 aliphatic carbocycles. The van der Waals surface area contributed by atoms with Crippen molar-refractivity contribution in [2.75, 3.05) is 6.54 Å². The van der Waals surface area contributed by atoms with Crippen LogP contribution in [0, 0.1) is 0 Å². The molecule has 0 bridgehead atoms. The average molecular weight is 272 g/mol. The van der Waals surface area contributed by atoms with Gasteiger partial charge < -0.3 is 10.3 Å². The molecule has 4 N–H and O–H groups in total. The van der Waals surface area contributed by atoms with Crippen LogP contribution in [0.5, 0.6) is 0 Å². The van der Waals surface area contributed by atoms with Crippen molar-refractivity contribution in [2.45, 2.75) is 18.0 Å². The van der Waals surface area contributed by atoms with Gasteiger partial charge in [-0.3, -0.25) is 5.10 Å². The summed E-state index contributed by atoms with van der Waals surface area (Å²) in [6.45, 7) is 0.252. The van der Waals surface area contributed by atoms with Gasteiger partial charge in [-0.2, -0.15) is 10.1 Å². The Labute approximate surface area is 103 Å². The van der Waals surface area contributed by atoms with E-state index in [0.717, 1.165) is 0 Å². The molecule has 0 fully saturated rings. The molecule has 2 rings (SSSR count). The van der Waals surface area contributed by atoms with Crippen molar-refractivity contribution in [1.29, 1.82) is 0 Å². The minimum Gasteiger partial charge on any atom is -0.343 e. The monoisotopic (exact) mass is 272 g/mol. The molecule has 0 amide bonds. The summed E-state index contributed by atoms with van der Waals surface area (Å²) >= 11 is 0. The summed E-state index contributed by atoms with van der Waals surface area (Å²) in [5.41, 5.74) is 5.85. The van der Waals surface area contributed by atoms with Crippen molar-refractivity contribution in [1.82, 2.24) is 25.1 Å². The van der Waals surface area contributed by atoms with Gasteiger partial charge in [-0.15, -0.1) is 0 Å². The fourth-order valence-corrected chi connectivity index (χ4v) is 2.52. The minimum atomic E-state index is -3.65. The zero-order chi connectivity index (χ0) is 13.0. The van der Waals surface area contributed by atoms with E-state index in [-0.39, 0.29) is 18.1 Å². The molecule has 18 heavy (non-hydrogen) atoms. The van der Waals surface area contributed by atoms with Gasteiger partial charge in [0.05, 0.1) is 6.20 Å². The largest absolute Gasteiger partial charge is 0.343 e. The zero-order valence-corrected chi connectivity index (χ0v) is 10.1. The smallest absolute Gasteiger partial charge is 0.257 e. The molecule has 2 aromatic rings. The van der Waals surface area contributed by atoms with Gasteiger partial charge in [0.15, 0.2) is 10.9 Å². The lowest BCUT2D eigenvalue weighted by atomic mass is 10.4. The Bertz CT molecular complexity index is 590. The van der Waals surface area contributed by atoms with Gasteiger partial charge in [0.1, 0.15) is 0 Å². The predicted molar refractivity (Wildman–Crippen MR) is 59.7 cm³/mol. The second-order valence-corrected chi connectivity index (χ2v) is 5.13. The van der Waals surface area contributed by atoms with Gasteiger partial charge in [0, 0.05) is 25.1 Å². The van der Waals surface area contributed by atoms with Crippen LogP contribution in [0.15, 0.2) is 22.1 Å². The molecular formula is C8H12N6O3S. The van der Waals surface area contributed by atoms with Crippen LogP contribution in [-0.2, 0) is 23.0 Å². The third-order valence-electron chi connectivity index (χ3n) is 2.21. The lowest BCUT2D eigenvalue weighted by molar-refractivity contribution is 0.409. The molecule has 0 saturated carbocycles. The maximum atomic E-state index is 11.9. The van der Waals surface area contributed by atoms with Gasteiger partial charge in [-0.05, 0) is 0 Å². The molecule has 9 nitrogen and oxygen atoms in total. The molecule has 0 radical (unpaired) electrons. The van der Waals surface area contributed by atoms with Crippen LogP contribution < -0.4 is 10.5 Å². The molecule has 98 valence electrons. The van der Waals surface area contributed by atoms with E-state index in [2.05, 4.69) is 29.6 Å². The highest BCUT2D eigenvalue weighted by molar-refractivity contribution is 7.89. The number of aromatic amines is 1. The summed E-state index contributed by atoms with van der Waals surface area (Å²) in [6, 6.07) is 0. The predicted octanol–water partition coefficient (Wildman–Crippen LogP) is -1.23. The average Bonchev–Trinajstić information content (AvgIpc) is 2.99. The maximum Gasteiger partial charge on any atom is 0.257 e.